The van der Waals surface area contributed by atoms with Crippen LogP contribution in [0.5, 0.6) is 0 Å². The number of hydrogen-bond acceptors (Lipinski definition) is 1. The highest BCUT2D eigenvalue weighted by Gasteiger charge is 2.37. The fourth-order valence-electron chi connectivity index (χ4n) is 2.81. The second-order valence-electron chi connectivity index (χ2n) is 5.81. The summed E-state index contributed by atoms with van der Waals surface area (Å²) in [6.45, 7) is 1.78. The Morgan fingerprint density at radius 2 is 1.68 bits per heavy atom. The average Bonchev–Trinajstić information content (AvgIpc) is 3.36. The molecule has 22 heavy (non-hydrogen) atoms. The third kappa shape index (κ3) is 3.88. The number of nitrogens with one attached hydrogen (secondary N) is 2. The maximum atomic E-state index is 4.30. The first-order valence-corrected chi connectivity index (χ1v) is 7.90. The van der Waals surface area contributed by atoms with Gasteiger partial charge in [-0.3, -0.25) is 4.99 Å². The molecule has 1 aliphatic carbocycles. The van der Waals surface area contributed by atoms with Crippen molar-refractivity contribution >= 4 is 5.96 Å². The Morgan fingerprint density at radius 3 is 2.36 bits per heavy atom. The van der Waals surface area contributed by atoms with Crippen molar-refractivity contribution < 1.29 is 0 Å². The van der Waals surface area contributed by atoms with Crippen LogP contribution in [-0.4, -0.2) is 19.6 Å². The van der Waals surface area contributed by atoms with Crippen molar-refractivity contribution in [2.45, 2.75) is 18.9 Å². The third-order valence-electron chi connectivity index (χ3n) is 4.21. The van der Waals surface area contributed by atoms with Crippen LogP contribution in [-0.2, 0) is 6.54 Å². The van der Waals surface area contributed by atoms with Crippen molar-refractivity contribution in [3.05, 3.63) is 71.8 Å². The molecular formula is C19H23N3. The van der Waals surface area contributed by atoms with Gasteiger partial charge < -0.3 is 10.6 Å². The van der Waals surface area contributed by atoms with E-state index < -0.39 is 0 Å². The van der Waals surface area contributed by atoms with Crippen LogP contribution in [0.3, 0.4) is 0 Å². The van der Waals surface area contributed by atoms with Crippen molar-refractivity contribution in [1.29, 1.82) is 0 Å². The van der Waals surface area contributed by atoms with Gasteiger partial charge in [-0.1, -0.05) is 60.7 Å². The molecule has 2 aromatic carbocycles. The van der Waals surface area contributed by atoms with E-state index in [1.807, 2.05) is 13.1 Å². The molecule has 0 spiro atoms. The lowest BCUT2D eigenvalue weighted by atomic mass is 10.1. The topological polar surface area (TPSA) is 36.4 Å². The number of hydrogen-bond donors (Lipinski definition) is 2. The predicted octanol–water partition coefficient (Wildman–Crippen LogP) is 3.16. The molecule has 1 saturated carbocycles. The molecule has 114 valence electrons. The van der Waals surface area contributed by atoms with Crippen LogP contribution in [0.25, 0.3) is 0 Å². The minimum atomic E-state index is 0.709. The highest BCUT2D eigenvalue weighted by atomic mass is 15.2. The van der Waals surface area contributed by atoms with Gasteiger partial charge in [-0.15, -0.1) is 0 Å². The van der Waals surface area contributed by atoms with Gasteiger partial charge in [0.1, 0.15) is 0 Å². The highest BCUT2D eigenvalue weighted by Crippen LogP contribution is 2.46. The first kappa shape index (κ1) is 14.6. The van der Waals surface area contributed by atoms with E-state index in [0.717, 1.165) is 25.0 Å². The molecule has 2 aromatic rings. The molecule has 3 heteroatoms. The van der Waals surface area contributed by atoms with E-state index in [-0.39, 0.29) is 0 Å². The minimum absolute atomic E-state index is 0.709. The lowest BCUT2D eigenvalue weighted by Crippen LogP contribution is -2.38. The molecule has 3 nitrogen and oxygen atoms in total. The summed E-state index contributed by atoms with van der Waals surface area (Å²) in [5.74, 6) is 2.31. The zero-order chi connectivity index (χ0) is 15.2. The maximum Gasteiger partial charge on any atom is 0.191 e. The van der Waals surface area contributed by atoms with E-state index in [4.69, 9.17) is 0 Å². The molecule has 0 saturated heterocycles. The van der Waals surface area contributed by atoms with Crippen LogP contribution < -0.4 is 10.6 Å². The van der Waals surface area contributed by atoms with E-state index in [0.29, 0.717) is 5.92 Å². The fraction of sp³-hybridized carbons (Fsp3) is 0.316. The van der Waals surface area contributed by atoms with Gasteiger partial charge in [0.25, 0.3) is 0 Å². The van der Waals surface area contributed by atoms with Gasteiger partial charge in [0.2, 0.25) is 0 Å². The van der Waals surface area contributed by atoms with E-state index in [1.54, 1.807) is 0 Å². The molecule has 0 bridgehead atoms. The first-order chi connectivity index (χ1) is 10.9. The van der Waals surface area contributed by atoms with Crippen molar-refractivity contribution in [1.82, 2.24) is 10.6 Å². The lowest BCUT2D eigenvalue weighted by molar-refractivity contribution is 0.719. The SMILES string of the molecule is CN=C(NCc1ccccc1)NCC1CC1c1ccccc1. The van der Waals surface area contributed by atoms with E-state index >= 15 is 0 Å². The van der Waals surface area contributed by atoms with E-state index in [1.165, 1.54) is 17.5 Å². The van der Waals surface area contributed by atoms with Gasteiger partial charge in [-0.25, -0.2) is 0 Å². The van der Waals surface area contributed by atoms with Gasteiger partial charge in [0.05, 0.1) is 0 Å². The molecule has 1 fully saturated rings. The molecule has 2 unspecified atom stereocenters. The quantitative estimate of drug-likeness (QED) is 0.656. The van der Waals surface area contributed by atoms with Crippen LogP contribution >= 0.6 is 0 Å². The Morgan fingerprint density at radius 1 is 1.00 bits per heavy atom. The van der Waals surface area contributed by atoms with Gasteiger partial charge in [-0.2, -0.15) is 0 Å². The van der Waals surface area contributed by atoms with Crippen LogP contribution in [0.4, 0.5) is 0 Å². The number of rotatable bonds is 5. The second-order valence-corrected chi connectivity index (χ2v) is 5.81. The fourth-order valence-corrected chi connectivity index (χ4v) is 2.81. The lowest BCUT2D eigenvalue weighted by Gasteiger charge is -2.12. The Hall–Kier alpha value is -2.29. The predicted molar refractivity (Wildman–Crippen MR) is 91.9 cm³/mol. The molecule has 2 N–H and O–H groups in total. The Kier molecular flexibility index (Phi) is 4.74. The molecule has 0 heterocycles. The normalized spacial score (nSPS) is 20.5. The van der Waals surface area contributed by atoms with Gasteiger partial charge in [0.15, 0.2) is 5.96 Å². The minimum Gasteiger partial charge on any atom is -0.356 e. The monoisotopic (exact) mass is 293 g/mol. The third-order valence-corrected chi connectivity index (χ3v) is 4.21. The molecule has 0 amide bonds. The molecule has 0 radical (unpaired) electrons. The summed E-state index contributed by atoms with van der Waals surface area (Å²) in [6.07, 6.45) is 1.27. The Labute approximate surface area is 132 Å². The number of nitrogens with zero attached hydrogens (tertiary/aromatic N) is 1. The van der Waals surface area contributed by atoms with Crippen molar-refractivity contribution in [2.24, 2.45) is 10.9 Å². The molecular weight excluding hydrogens is 270 g/mol. The molecule has 0 aromatic heterocycles. The van der Waals surface area contributed by atoms with Crippen molar-refractivity contribution in [3.8, 4) is 0 Å². The largest absolute Gasteiger partial charge is 0.356 e. The number of benzene rings is 2. The summed E-state index contributed by atoms with van der Waals surface area (Å²) in [7, 11) is 1.82. The molecule has 1 aliphatic rings. The summed E-state index contributed by atoms with van der Waals surface area (Å²) in [4.78, 5) is 4.30. The Bertz CT molecular complexity index is 607. The highest BCUT2D eigenvalue weighted by molar-refractivity contribution is 5.79. The van der Waals surface area contributed by atoms with Gasteiger partial charge >= 0.3 is 0 Å². The average molecular weight is 293 g/mol. The number of aliphatic imine (C=N–C) groups is 1. The van der Waals surface area contributed by atoms with Crippen LogP contribution in [0.1, 0.15) is 23.5 Å². The second kappa shape index (κ2) is 7.12. The summed E-state index contributed by atoms with van der Waals surface area (Å²) in [5, 5.41) is 6.80. The molecule has 2 atom stereocenters. The Balaban J connectivity index is 1.43. The van der Waals surface area contributed by atoms with Crippen LogP contribution in [0.2, 0.25) is 0 Å². The van der Waals surface area contributed by atoms with Crippen molar-refractivity contribution in [2.75, 3.05) is 13.6 Å². The summed E-state index contributed by atoms with van der Waals surface area (Å²) >= 11 is 0. The molecule has 3 rings (SSSR count). The summed E-state index contributed by atoms with van der Waals surface area (Å²) in [6, 6.07) is 21.2. The standard InChI is InChI=1S/C19H23N3/c1-20-19(21-13-15-8-4-2-5-9-15)22-14-17-12-18(17)16-10-6-3-7-11-16/h2-11,17-18H,12-14H2,1H3,(H2,20,21,22). The van der Waals surface area contributed by atoms with Crippen LogP contribution in [0, 0.1) is 5.92 Å². The van der Waals surface area contributed by atoms with E-state index in [2.05, 4.69) is 70.2 Å². The molecule has 0 aliphatic heterocycles. The van der Waals surface area contributed by atoms with Crippen LogP contribution in [0.15, 0.2) is 65.7 Å². The van der Waals surface area contributed by atoms with E-state index in [9.17, 15) is 0 Å². The summed E-state index contributed by atoms with van der Waals surface area (Å²) < 4.78 is 0. The van der Waals surface area contributed by atoms with Crippen molar-refractivity contribution in [3.63, 3.8) is 0 Å². The van der Waals surface area contributed by atoms with Gasteiger partial charge in [0, 0.05) is 20.1 Å². The maximum absolute atomic E-state index is 4.30. The summed E-state index contributed by atoms with van der Waals surface area (Å²) in [5.41, 5.74) is 2.72. The zero-order valence-corrected chi connectivity index (χ0v) is 13.0. The van der Waals surface area contributed by atoms with Gasteiger partial charge in [-0.05, 0) is 29.4 Å². The smallest absolute Gasteiger partial charge is 0.191 e. The number of guanidine groups is 1. The first-order valence-electron chi connectivity index (χ1n) is 7.90. The zero-order valence-electron chi connectivity index (χ0n) is 13.0.